The molecule has 4 heteroatoms. The maximum atomic E-state index is 11.3. The molecule has 19 heavy (non-hydrogen) atoms. The molecule has 0 aliphatic heterocycles. The first kappa shape index (κ1) is 13.7. The molecule has 4 nitrogen and oxygen atoms in total. The van der Waals surface area contributed by atoms with Crippen molar-refractivity contribution in [2.24, 2.45) is 17.6 Å². The molecule has 2 rings (SSSR count). The van der Waals surface area contributed by atoms with Crippen LogP contribution in [0.15, 0.2) is 18.2 Å². The zero-order valence-electron chi connectivity index (χ0n) is 11.6. The average molecular weight is 262 g/mol. The molecule has 0 heterocycles. The molecule has 1 amide bonds. The Morgan fingerprint density at radius 2 is 1.84 bits per heavy atom. The van der Waals surface area contributed by atoms with Gasteiger partial charge in [0.25, 0.3) is 5.91 Å². The van der Waals surface area contributed by atoms with Crippen molar-refractivity contribution in [3.05, 3.63) is 23.8 Å². The summed E-state index contributed by atoms with van der Waals surface area (Å²) in [6.45, 7) is 4.49. The van der Waals surface area contributed by atoms with Gasteiger partial charge in [-0.1, -0.05) is 19.9 Å². The Hall–Kier alpha value is -1.71. The van der Waals surface area contributed by atoms with Crippen molar-refractivity contribution >= 4 is 11.6 Å². The van der Waals surface area contributed by atoms with Gasteiger partial charge in [0.1, 0.15) is 5.75 Å². The van der Waals surface area contributed by atoms with E-state index in [0.29, 0.717) is 28.8 Å². The molecule has 2 atom stereocenters. The number of benzene rings is 1. The molecule has 1 aliphatic rings. The molecule has 2 unspecified atom stereocenters. The van der Waals surface area contributed by atoms with Crippen LogP contribution < -0.4 is 16.2 Å². The lowest BCUT2D eigenvalue weighted by atomic mass is 9.82. The van der Waals surface area contributed by atoms with Gasteiger partial charge in [0.2, 0.25) is 0 Å². The van der Waals surface area contributed by atoms with Crippen molar-refractivity contribution in [3.8, 4) is 5.75 Å². The Morgan fingerprint density at radius 1 is 1.21 bits per heavy atom. The number of amides is 1. The van der Waals surface area contributed by atoms with Gasteiger partial charge in [-0.3, -0.25) is 4.79 Å². The zero-order chi connectivity index (χ0) is 14.0. The first-order valence-electron chi connectivity index (χ1n) is 6.82. The number of nitrogen functional groups attached to an aromatic ring is 1. The van der Waals surface area contributed by atoms with E-state index in [1.165, 1.54) is 6.42 Å². The van der Waals surface area contributed by atoms with Crippen LogP contribution in [0.2, 0.25) is 0 Å². The number of rotatable bonds is 3. The molecular formula is C15H22N2O2. The highest BCUT2D eigenvalue weighted by atomic mass is 16.5. The van der Waals surface area contributed by atoms with Gasteiger partial charge in [0.05, 0.1) is 17.4 Å². The number of anilines is 1. The van der Waals surface area contributed by atoms with Gasteiger partial charge in [-0.2, -0.15) is 0 Å². The second-order valence-electron chi connectivity index (χ2n) is 5.74. The highest BCUT2D eigenvalue weighted by Gasteiger charge is 2.26. The van der Waals surface area contributed by atoms with E-state index in [4.69, 9.17) is 16.2 Å². The third-order valence-corrected chi connectivity index (χ3v) is 3.76. The first-order valence-corrected chi connectivity index (χ1v) is 6.82. The average Bonchev–Trinajstić information content (AvgIpc) is 2.30. The van der Waals surface area contributed by atoms with Crippen LogP contribution in [0.25, 0.3) is 0 Å². The topological polar surface area (TPSA) is 78.3 Å². The Balaban J connectivity index is 2.15. The third kappa shape index (κ3) is 3.19. The fraction of sp³-hybridized carbons (Fsp3) is 0.533. The smallest absolute Gasteiger partial charge is 0.250 e. The number of para-hydroxylation sites is 1. The van der Waals surface area contributed by atoms with Crippen LogP contribution in [0.3, 0.4) is 0 Å². The van der Waals surface area contributed by atoms with Crippen LogP contribution in [0.1, 0.15) is 43.5 Å². The molecule has 1 saturated carbocycles. The van der Waals surface area contributed by atoms with Gasteiger partial charge in [-0.15, -0.1) is 0 Å². The minimum absolute atomic E-state index is 0.171. The monoisotopic (exact) mass is 262 g/mol. The van der Waals surface area contributed by atoms with E-state index in [1.54, 1.807) is 18.2 Å². The summed E-state index contributed by atoms with van der Waals surface area (Å²) in [6, 6.07) is 5.17. The molecule has 4 N–H and O–H groups in total. The number of nitrogens with two attached hydrogens (primary N) is 2. The Morgan fingerprint density at radius 3 is 2.42 bits per heavy atom. The molecule has 0 spiro atoms. The van der Waals surface area contributed by atoms with Crippen molar-refractivity contribution in [3.63, 3.8) is 0 Å². The second kappa shape index (κ2) is 5.51. The van der Waals surface area contributed by atoms with Gasteiger partial charge < -0.3 is 16.2 Å². The van der Waals surface area contributed by atoms with E-state index in [2.05, 4.69) is 13.8 Å². The third-order valence-electron chi connectivity index (χ3n) is 3.76. The number of hydrogen-bond donors (Lipinski definition) is 2. The molecule has 1 aliphatic carbocycles. The van der Waals surface area contributed by atoms with Gasteiger partial charge >= 0.3 is 0 Å². The standard InChI is InChI=1S/C15H22N2O2/c1-9-6-10(2)8-11(7-9)19-13-5-3-4-12(14(13)16)15(17)18/h3-5,9-11H,6-8,16H2,1-2H3,(H2,17,18). The molecule has 0 radical (unpaired) electrons. The molecule has 1 aromatic rings. The predicted octanol–water partition coefficient (Wildman–Crippen LogP) is 2.57. The molecule has 1 aromatic carbocycles. The molecule has 104 valence electrons. The number of primary amides is 1. The van der Waals surface area contributed by atoms with Crippen molar-refractivity contribution in [1.29, 1.82) is 0 Å². The summed E-state index contributed by atoms with van der Waals surface area (Å²) < 4.78 is 5.98. The number of carbonyl (C=O) groups excluding carboxylic acids is 1. The summed E-state index contributed by atoms with van der Waals surface area (Å²) in [5.41, 5.74) is 11.9. The van der Waals surface area contributed by atoms with Gasteiger partial charge in [0.15, 0.2) is 0 Å². The van der Waals surface area contributed by atoms with Crippen LogP contribution in [-0.2, 0) is 0 Å². The lowest BCUT2D eigenvalue weighted by molar-refractivity contribution is 0.0983. The predicted molar refractivity (Wildman–Crippen MR) is 76.0 cm³/mol. The van der Waals surface area contributed by atoms with Crippen LogP contribution in [0.4, 0.5) is 5.69 Å². The van der Waals surface area contributed by atoms with Gasteiger partial charge in [-0.25, -0.2) is 0 Å². The molecule has 1 fully saturated rings. The van der Waals surface area contributed by atoms with Gasteiger partial charge in [-0.05, 0) is 43.2 Å². The Bertz CT molecular complexity index is 463. The minimum atomic E-state index is -0.520. The lowest BCUT2D eigenvalue weighted by Gasteiger charge is -2.32. The summed E-state index contributed by atoms with van der Waals surface area (Å²) >= 11 is 0. The lowest BCUT2D eigenvalue weighted by Crippen LogP contribution is -2.29. The Labute approximate surface area is 114 Å². The maximum absolute atomic E-state index is 11.3. The minimum Gasteiger partial charge on any atom is -0.488 e. The number of carbonyl (C=O) groups is 1. The summed E-state index contributed by atoms with van der Waals surface area (Å²) in [5, 5.41) is 0. The van der Waals surface area contributed by atoms with E-state index in [1.807, 2.05) is 0 Å². The molecule has 0 saturated heterocycles. The van der Waals surface area contributed by atoms with E-state index in [9.17, 15) is 4.79 Å². The second-order valence-corrected chi connectivity index (χ2v) is 5.74. The largest absolute Gasteiger partial charge is 0.488 e. The summed E-state index contributed by atoms with van der Waals surface area (Å²) in [7, 11) is 0. The summed E-state index contributed by atoms with van der Waals surface area (Å²) in [4.78, 5) is 11.3. The van der Waals surface area contributed by atoms with Crippen molar-refractivity contribution in [1.82, 2.24) is 0 Å². The highest BCUT2D eigenvalue weighted by Crippen LogP contribution is 2.33. The fourth-order valence-corrected chi connectivity index (χ4v) is 3.01. The molecule has 0 bridgehead atoms. The van der Waals surface area contributed by atoms with Crippen LogP contribution in [-0.4, -0.2) is 12.0 Å². The maximum Gasteiger partial charge on any atom is 0.250 e. The van der Waals surface area contributed by atoms with E-state index in [0.717, 1.165) is 12.8 Å². The summed E-state index contributed by atoms with van der Waals surface area (Å²) in [5.74, 6) is 1.37. The first-order chi connectivity index (χ1) is 8.97. The normalized spacial score (nSPS) is 26.9. The van der Waals surface area contributed by atoms with Gasteiger partial charge in [0, 0.05) is 0 Å². The number of ether oxygens (including phenoxy) is 1. The van der Waals surface area contributed by atoms with E-state index < -0.39 is 5.91 Å². The van der Waals surface area contributed by atoms with Crippen LogP contribution in [0.5, 0.6) is 5.75 Å². The van der Waals surface area contributed by atoms with E-state index in [-0.39, 0.29) is 6.10 Å². The SMILES string of the molecule is CC1CC(C)CC(Oc2cccc(C(N)=O)c2N)C1. The van der Waals surface area contributed by atoms with Crippen molar-refractivity contribution < 1.29 is 9.53 Å². The fourth-order valence-electron chi connectivity index (χ4n) is 3.01. The quantitative estimate of drug-likeness (QED) is 0.822. The van der Waals surface area contributed by atoms with Crippen molar-refractivity contribution in [2.75, 3.05) is 5.73 Å². The number of hydrogen-bond acceptors (Lipinski definition) is 3. The molecule has 0 aromatic heterocycles. The highest BCUT2D eigenvalue weighted by molar-refractivity contribution is 5.99. The summed E-state index contributed by atoms with van der Waals surface area (Å²) in [6.07, 6.45) is 3.48. The Kier molecular flexibility index (Phi) is 3.98. The van der Waals surface area contributed by atoms with Crippen LogP contribution >= 0.6 is 0 Å². The van der Waals surface area contributed by atoms with Crippen molar-refractivity contribution in [2.45, 2.75) is 39.2 Å². The zero-order valence-corrected chi connectivity index (χ0v) is 11.6. The van der Waals surface area contributed by atoms with Crippen LogP contribution in [0, 0.1) is 11.8 Å². The van der Waals surface area contributed by atoms with E-state index >= 15 is 0 Å². The molecular weight excluding hydrogens is 240 g/mol.